The number of imidazole rings is 1. The molecular weight excluding hydrogens is 505 g/mol. The molecule has 0 saturated heterocycles. The average molecular weight is 518 g/mol. The Kier molecular flexibility index (Phi) is 5.85. The quantitative estimate of drug-likeness (QED) is 0.268. The summed E-state index contributed by atoms with van der Waals surface area (Å²) in [6.07, 6.45) is -7.00. The Bertz CT molecular complexity index is 1540. The van der Waals surface area contributed by atoms with Crippen molar-refractivity contribution in [3.05, 3.63) is 89.6 Å². The smallest absolute Gasteiger partial charge is 0.264 e. The van der Waals surface area contributed by atoms with Crippen LogP contribution < -0.4 is 0 Å². The van der Waals surface area contributed by atoms with Crippen LogP contribution in [0.3, 0.4) is 0 Å². The van der Waals surface area contributed by atoms with E-state index in [2.05, 4.69) is 25.3 Å². The molecule has 0 bridgehead atoms. The van der Waals surface area contributed by atoms with Crippen molar-refractivity contribution in [3.63, 3.8) is 0 Å². The van der Waals surface area contributed by atoms with Gasteiger partial charge in [0.1, 0.15) is 17.2 Å². The van der Waals surface area contributed by atoms with Crippen molar-refractivity contribution in [2.24, 2.45) is 0 Å². The maximum Gasteiger partial charge on any atom is 0.417 e. The molecule has 0 radical (unpaired) electrons. The maximum atomic E-state index is 14.1. The molecule has 0 spiro atoms. The molecule has 0 N–H and O–H groups in total. The van der Waals surface area contributed by atoms with E-state index in [-0.39, 0.29) is 29.7 Å². The summed E-state index contributed by atoms with van der Waals surface area (Å²) in [5, 5.41) is 11.9. The van der Waals surface area contributed by atoms with E-state index in [1.807, 2.05) is 0 Å². The zero-order valence-electron chi connectivity index (χ0n) is 18.4. The SMILES string of the molecule is Fc1ccccc1-c1nc2cnn(Cc3ccc(-c4ccc(C(F)(F)F)cc4C(F)(F)F)nn3)cc-2n1. The van der Waals surface area contributed by atoms with Crippen molar-refractivity contribution < 1.29 is 30.7 Å². The van der Waals surface area contributed by atoms with E-state index >= 15 is 0 Å². The second-order valence-corrected chi connectivity index (χ2v) is 7.93. The van der Waals surface area contributed by atoms with Crippen molar-refractivity contribution in [2.75, 3.05) is 0 Å². The topological polar surface area (TPSA) is 69.4 Å². The Hall–Kier alpha value is -4.42. The largest absolute Gasteiger partial charge is 0.417 e. The summed E-state index contributed by atoms with van der Waals surface area (Å²) >= 11 is 0. The van der Waals surface area contributed by atoms with E-state index in [9.17, 15) is 30.7 Å². The summed E-state index contributed by atoms with van der Waals surface area (Å²) < 4.78 is 94.7. The lowest BCUT2D eigenvalue weighted by molar-refractivity contribution is -0.142. The number of aromatic nitrogens is 6. The van der Waals surface area contributed by atoms with Gasteiger partial charge >= 0.3 is 12.4 Å². The molecule has 13 heteroatoms. The van der Waals surface area contributed by atoms with E-state index in [1.54, 1.807) is 24.4 Å². The van der Waals surface area contributed by atoms with Crippen molar-refractivity contribution in [1.82, 2.24) is 29.9 Å². The summed E-state index contributed by atoms with van der Waals surface area (Å²) in [5.74, 6) is -0.287. The molecule has 0 fully saturated rings. The van der Waals surface area contributed by atoms with Gasteiger partial charge in [-0.1, -0.05) is 18.2 Å². The van der Waals surface area contributed by atoms with Gasteiger partial charge in [-0.3, -0.25) is 4.68 Å². The minimum Gasteiger partial charge on any atom is -0.264 e. The molecule has 3 aromatic rings. The summed E-state index contributed by atoms with van der Waals surface area (Å²) in [4.78, 5) is 8.59. The number of hydrogen-bond donors (Lipinski definition) is 0. The van der Waals surface area contributed by atoms with Crippen LogP contribution in [0.2, 0.25) is 0 Å². The highest BCUT2D eigenvalue weighted by atomic mass is 19.4. The van der Waals surface area contributed by atoms with Crippen LogP contribution in [0.1, 0.15) is 16.8 Å². The second kappa shape index (κ2) is 8.91. The number of benzene rings is 2. The van der Waals surface area contributed by atoms with E-state index in [0.29, 0.717) is 23.1 Å². The molecule has 2 aliphatic rings. The molecular formula is C24H13F7N6. The molecule has 6 nitrogen and oxygen atoms in total. The first-order valence-corrected chi connectivity index (χ1v) is 10.6. The summed E-state index contributed by atoms with van der Waals surface area (Å²) in [7, 11) is 0. The first kappa shape index (κ1) is 24.3. The zero-order chi connectivity index (χ0) is 26.4. The first-order valence-electron chi connectivity index (χ1n) is 10.6. The molecule has 2 aliphatic heterocycles. The lowest BCUT2D eigenvalue weighted by atomic mass is 10.00. The molecule has 1 aromatic heterocycles. The van der Waals surface area contributed by atoms with Crippen LogP contribution in [0.4, 0.5) is 30.7 Å². The van der Waals surface area contributed by atoms with Gasteiger partial charge in [0.05, 0.1) is 47.0 Å². The van der Waals surface area contributed by atoms with Crippen molar-refractivity contribution >= 4 is 0 Å². The minimum absolute atomic E-state index is 0.0520. The Morgan fingerprint density at radius 1 is 0.730 bits per heavy atom. The van der Waals surface area contributed by atoms with E-state index in [1.165, 1.54) is 29.1 Å². The third-order valence-electron chi connectivity index (χ3n) is 5.40. The van der Waals surface area contributed by atoms with Gasteiger partial charge in [-0.05, 0) is 36.4 Å². The van der Waals surface area contributed by atoms with Crippen LogP contribution in [-0.2, 0) is 18.9 Å². The van der Waals surface area contributed by atoms with Gasteiger partial charge in [0.25, 0.3) is 0 Å². The predicted molar refractivity (Wildman–Crippen MR) is 116 cm³/mol. The zero-order valence-corrected chi connectivity index (χ0v) is 18.4. The van der Waals surface area contributed by atoms with Crippen LogP contribution in [0.5, 0.6) is 0 Å². The molecule has 0 amide bonds. The van der Waals surface area contributed by atoms with Gasteiger partial charge in [0, 0.05) is 5.56 Å². The van der Waals surface area contributed by atoms with Gasteiger partial charge in [-0.2, -0.15) is 41.6 Å². The van der Waals surface area contributed by atoms with Crippen LogP contribution in [0, 0.1) is 5.82 Å². The van der Waals surface area contributed by atoms with E-state index in [0.717, 1.165) is 6.07 Å². The summed E-state index contributed by atoms with van der Waals surface area (Å²) in [6.45, 7) is 0.0598. The Balaban J connectivity index is 1.41. The maximum absolute atomic E-state index is 14.1. The minimum atomic E-state index is -5.03. The van der Waals surface area contributed by atoms with Crippen molar-refractivity contribution in [2.45, 2.75) is 18.9 Å². The highest BCUT2D eigenvalue weighted by Gasteiger charge is 2.38. The third-order valence-corrected chi connectivity index (χ3v) is 5.40. The van der Waals surface area contributed by atoms with E-state index in [4.69, 9.17) is 0 Å². The molecule has 37 heavy (non-hydrogen) atoms. The molecule has 0 saturated carbocycles. The Labute approximate surface area is 203 Å². The summed E-state index contributed by atoms with van der Waals surface area (Å²) in [5.41, 5.74) is -2.25. The van der Waals surface area contributed by atoms with Gasteiger partial charge in [-0.15, -0.1) is 0 Å². The highest BCUT2D eigenvalue weighted by Crippen LogP contribution is 2.40. The lowest BCUT2D eigenvalue weighted by Crippen LogP contribution is -2.13. The average Bonchev–Trinajstić information content (AvgIpc) is 3.26. The monoisotopic (exact) mass is 518 g/mol. The third kappa shape index (κ3) is 4.97. The summed E-state index contributed by atoms with van der Waals surface area (Å²) in [6, 6.07) is 10.00. The Morgan fingerprint density at radius 2 is 1.49 bits per heavy atom. The second-order valence-electron chi connectivity index (χ2n) is 7.93. The molecule has 3 heterocycles. The predicted octanol–water partition coefficient (Wildman–Crippen LogP) is 6.13. The molecule has 5 rings (SSSR count). The lowest BCUT2D eigenvalue weighted by Gasteiger charge is -2.15. The van der Waals surface area contributed by atoms with Crippen LogP contribution >= 0.6 is 0 Å². The molecule has 188 valence electrons. The van der Waals surface area contributed by atoms with Crippen LogP contribution in [-0.4, -0.2) is 29.9 Å². The van der Waals surface area contributed by atoms with Gasteiger partial charge in [-0.25, -0.2) is 14.4 Å². The molecule has 0 aliphatic carbocycles. The fourth-order valence-corrected chi connectivity index (χ4v) is 3.64. The number of fused-ring (bicyclic) bond motifs is 1. The van der Waals surface area contributed by atoms with Crippen LogP contribution in [0.25, 0.3) is 34.0 Å². The molecule has 0 unspecified atom stereocenters. The van der Waals surface area contributed by atoms with Crippen LogP contribution in [0.15, 0.2) is 67.0 Å². The number of hydrogen-bond acceptors (Lipinski definition) is 5. The van der Waals surface area contributed by atoms with Crippen molar-refractivity contribution in [1.29, 1.82) is 0 Å². The first-order chi connectivity index (χ1) is 17.5. The highest BCUT2D eigenvalue weighted by molar-refractivity contribution is 5.66. The molecule has 2 aromatic carbocycles. The normalized spacial score (nSPS) is 12.3. The number of halogens is 7. The Morgan fingerprint density at radius 3 is 2.16 bits per heavy atom. The van der Waals surface area contributed by atoms with Gasteiger partial charge < -0.3 is 0 Å². The standard InChI is InChI=1S/C24H13F7N6/c25-18-4-2-1-3-16(18)22-33-20-10-32-37(12-21(20)34-22)11-14-6-8-19(36-35-14)15-7-5-13(23(26,27)28)9-17(15)24(29,30)31/h1-10,12H,11H2. The molecule has 0 atom stereocenters. The number of alkyl halides is 6. The fraction of sp³-hybridized carbons (Fsp3) is 0.125. The van der Waals surface area contributed by atoms with Gasteiger partial charge in [0.15, 0.2) is 5.82 Å². The number of rotatable bonds is 4. The van der Waals surface area contributed by atoms with E-state index < -0.39 is 34.9 Å². The van der Waals surface area contributed by atoms with Crippen molar-refractivity contribution in [3.8, 4) is 34.0 Å². The van der Waals surface area contributed by atoms with Gasteiger partial charge in [0.2, 0.25) is 0 Å². The number of nitrogens with zero attached hydrogens (tertiary/aromatic N) is 6. The fourth-order valence-electron chi connectivity index (χ4n) is 3.64.